The third-order valence-corrected chi connectivity index (χ3v) is 3.02. The van der Waals surface area contributed by atoms with Gasteiger partial charge in [0.2, 0.25) is 0 Å². The average molecular weight is 212 g/mol. The van der Waals surface area contributed by atoms with Crippen molar-refractivity contribution in [3.63, 3.8) is 0 Å². The van der Waals surface area contributed by atoms with Gasteiger partial charge in [0.05, 0.1) is 11.6 Å². The molecule has 1 saturated heterocycles. The van der Waals surface area contributed by atoms with Gasteiger partial charge in [0.1, 0.15) is 12.0 Å². The molecule has 3 heteroatoms. The van der Waals surface area contributed by atoms with Crippen LogP contribution in [0.4, 0.5) is 0 Å². The van der Waals surface area contributed by atoms with Crippen molar-refractivity contribution in [2.24, 2.45) is 0 Å². The minimum absolute atomic E-state index is 0.00773. The standard InChI is InChI=1S/C13H12N2O/c1-15-8-11(10-5-3-2-4-6-10)12(9-16)13(15)7-14/h2-6,11,13H,8H2,1H3. The first-order chi connectivity index (χ1) is 7.77. The Morgan fingerprint density at radius 2 is 2.06 bits per heavy atom. The van der Waals surface area contributed by atoms with E-state index >= 15 is 0 Å². The minimum atomic E-state index is -0.428. The van der Waals surface area contributed by atoms with Crippen LogP contribution >= 0.6 is 0 Å². The highest BCUT2D eigenvalue weighted by Gasteiger charge is 2.36. The fourth-order valence-electron chi connectivity index (χ4n) is 2.19. The van der Waals surface area contributed by atoms with Crippen LogP contribution in [0.1, 0.15) is 11.5 Å². The monoisotopic (exact) mass is 212 g/mol. The van der Waals surface area contributed by atoms with Gasteiger partial charge in [-0.25, -0.2) is 4.79 Å². The number of carbonyl (C=O) groups excluding carboxylic acids is 1. The van der Waals surface area contributed by atoms with E-state index < -0.39 is 6.04 Å². The van der Waals surface area contributed by atoms with Gasteiger partial charge in [0.25, 0.3) is 0 Å². The molecule has 3 nitrogen and oxygen atoms in total. The molecule has 1 heterocycles. The SMILES string of the molecule is CN1CC(c2ccccc2)C(=C=O)C1C#N. The first kappa shape index (κ1) is 10.6. The van der Waals surface area contributed by atoms with Crippen LogP contribution < -0.4 is 0 Å². The lowest BCUT2D eigenvalue weighted by atomic mass is 9.92. The van der Waals surface area contributed by atoms with Gasteiger partial charge in [-0.1, -0.05) is 30.3 Å². The van der Waals surface area contributed by atoms with Gasteiger partial charge in [-0.15, -0.1) is 0 Å². The Morgan fingerprint density at radius 1 is 1.38 bits per heavy atom. The first-order valence-corrected chi connectivity index (χ1v) is 5.17. The summed E-state index contributed by atoms with van der Waals surface area (Å²) >= 11 is 0. The van der Waals surface area contributed by atoms with Gasteiger partial charge >= 0.3 is 0 Å². The number of likely N-dealkylation sites (N-methyl/N-ethyl adjacent to an activating group) is 1. The van der Waals surface area contributed by atoms with E-state index in [1.807, 2.05) is 48.2 Å². The lowest BCUT2D eigenvalue weighted by Crippen LogP contribution is -2.23. The Labute approximate surface area is 94.6 Å². The predicted molar refractivity (Wildman–Crippen MR) is 60.4 cm³/mol. The van der Waals surface area contributed by atoms with E-state index in [9.17, 15) is 4.79 Å². The number of likely N-dealkylation sites (tertiary alicyclic amines) is 1. The zero-order valence-corrected chi connectivity index (χ0v) is 9.05. The maximum absolute atomic E-state index is 11.0. The topological polar surface area (TPSA) is 44.1 Å². The second-order valence-electron chi connectivity index (χ2n) is 3.99. The molecule has 1 aliphatic rings. The average Bonchev–Trinajstić information content (AvgIpc) is 2.66. The maximum Gasteiger partial charge on any atom is 0.130 e. The number of nitriles is 1. The fraction of sp³-hybridized carbons (Fsp3) is 0.308. The number of hydrogen-bond acceptors (Lipinski definition) is 3. The van der Waals surface area contributed by atoms with E-state index in [0.717, 1.165) is 5.56 Å². The summed E-state index contributed by atoms with van der Waals surface area (Å²) in [6.07, 6.45) is 0. The van der Waals surface area contributed by atoms with Crippen molar-refractivity contribution in [3.05, 3.63) is 41.5 Å². The van der Waals surface area contributed by atoms with E-state index in [1.165, 1.54) is 0 Å². The van der Waals surface area contributed by atoms with Crippen LogP contribution in [0.2, 0.25) is 0 Å². The third kappa shape index (κ3) is 1.65. The lowest BCUT2D eigenvalue weighted by molar-refractivity contribution is 0.370. The Morgan fingerprint density at radius 3 is 2.62 bits per heavy atom. The summed E-state index contributed by atoms with van der Waals surface area (Å²) in [5.74, 6) is 1.95. The highest BCUT2D eigenvalue weighted by atomic mass is 16.1. The Balaban J connectivity index is 2.39. The summed E-state index contributed by atoms with van der Waals surface area (Å²) in [5, 5.41) is 9.01. The third-order valence-electron chi connectivity index (χ3n) is 3.02. The number of benzene rings is 1. The van der Waals surface area contributed by atoms with Crippen LogP contribution in [0.3, 0.4) is 0 Å². The molecule has 2 atom stereocenters. The summed E-state index contributed by atoms with van der Waals surface area (Å²) in [6, 6.07) is 11.5. The van der Waals surface area contributed by atoms with Crippen LogP contribution in [-0.4, -0.2) is 30.5 Å². The molecule has 0 N–H and O–H groups in total. The summed E-state index contributed by atoms with van der Waals surface area (Å²) in [4.78, 5) is 12.9. The molecule has 0 radical (unpaired) electrons. The Hall–Kier alpha value is -1.88. The summed E-state index contributed by atoms with van der Waals surface area (Å²) in [7, 11) is 1.86. The largest absolute Gasteiger partial charge is 0.286 e. The lowest BCUT2D eigenvalue weighted by Gasteiger charge is -2.09. The van der Waals surface area contributed by atoms with Crippen molar-refractivity contribution >= 4 is 5.94 Å². The number of nitrogens with zero attached hydrogens (tertiary/aromatic N) is 2. The molecule has 2 unspecified atom stereocenters. The summed E-state index contributed by atoms with van der Waals surface area (Å²) in [5.41, 5.74) is 1.63. The second-order valence-corrected chi connectivity index (χ2v) is 3.99. The second kappa shape index (κ2) is 4.32. The molecule has 80 valence electrons. The molecule has 0 amide bonds. The zero-order chi connectivity index (χ0) is 11.5. The maximum atomic E-state index is 11.0. The molecule has 1 fully saturated rings. The van der Waals surface area contributed by atoms with E-state index in [-0.39, 0.29) is 5.92 Å². The highest BCUT2D eigenvalue weighted by Crippen LogP contribution is 2.33. The van der Waals surface area contributed by atoms with Crippen LogP contribution in [0.25, 0.3) is 0 Å². The van der Waals surface area contributed by atoms with Gasteiger partial charge in [-0.3, -0.25) is 4.90 Å². The Bertz CT molecular complexity index is 468. The summed E-state index contributed by atoms with van der Waals surface area (Å²) < 4.78 is 0. The van der Waals surface area contributed by atoms with Gasteiger partial charge in [-0.05, 0) is 12.6 Å². The zero-order valence-electron chi connectivity index (χ0n) is 9.05. The molecule has 2 rings (SSSR count). The highest BCUT2D eigenvalue weighted by molar-refractivity contribution is 5.62. The van der Waals surface area contributed by atoms with Crippen molar-refractivity contribution in [3.8, 4) is 6.07 Å². The van der Waals surface area contributed by atoms with Gasteiger partial charge in [0.15, 0.2) is 0 Å². The predicted octanol–water partition coefficient (Wildman–Crippen LogP) is 1.37. The van der Waals surface area contributed by atoms with Crippen molar-refractivity contribution in [1.82, 2.24) is 4.90 Å². The molecular formula is C13H12N2O. The fourth-order valence-corrected chi connectivity index (χ4v) is 2.19. The van der Waals surface area contributed by atoms with E-state index in [0.29, 0.717) is 12.1 Å². The quantitative estimate of drug-likeness (QED) is 0.660. The Kier molecular flexibility index (Phi) is 2.87. The van der Waals surface area contributed by atoms with Crippen LogP contribution in [0.15, 0.2) is 35.9 Å². The van der Waals surface area contributed by atoms with Gasteiger partial charge in [-0.2, -0.15) is 5.26 Å². The first-order valence-electron chi connectivity index (χ1n) is 5.17. The molecule has 16 heavy (non-hydrogen) atoms. The molecule has 0 aromatic heterocycles. The molecule has 0 aliphatic carbocycles. The molecule has 1 aliphatic heterocycles. The smallest absolute Gasteiger partial charge is 0.130 e. The van der Waals surface area contributed by atoms with Crippen molar-refractivity contribution in [2.75, 3.05) is 13.6 Å². The molecule has 0 spiro atoms. The van der Waals surface area contributed by atoms with E-state index in [1.54, 1.807) is 0 Å². The minimum Gasteiger partial charge on any atom is -0.286 e. The molecule has 1 aromatic carbocycles. The van der Waals surface area contributed by atoms with Crippen LogP contribution in [0.5, 0.6) is 0 Å². The van der Waals surface area contributed by atoms with Crippen molar-refractivity contribution in [2.45, 2.75) is 12.0 Å². The molecule has 1 aromatic rings. The van der Waals surface area contributed by atoms with Crippen LogP contribution in [0, 0.1) is 11.3 Å². The number of hydrogen-bond donors (Lipinski definition) is 0. The van der Waals surface area contributed by atoms with Crippen molar-refractivity contribution < 1.29 is 4.79 Å². The molecular weight excluding hydrogens is 200 g/mol. The van der Waals surface area contributed by atoms with E-state index in [4.69, 9.17) is 5.26 Å². The van der Waals surface area contributed by atoms with Gasteiger partial charge in [0, 0.05) is 12.5 Å². The van der Waals surface area contributed by atoms with Gasteiger partial charge < -0.3 is 0 Å². The summed E-state index contributed by atoms with van der Waals surface area (Å²) in [6.45, 7) is 0.701. The number of rotatable bonds is 1. The van der Waals surface area contributed by atoms with E-state index in [2.05, 4.69) is 6.07 Å². The molecule has 0 bridgehead atoms. The molecule has 0 saturated carbocycles. The van der Waals surface area contributed by atoms with Crippen molar-refractivity contribution in [1.29, 1.82) is 5.26 Å². The van der Waals surface area contributed by atoms with Crippen LogP contribution in [-0.2, 0) is 4.79 Å². The normalized spacial score (nSPS) is 25.1.